The van der Waals surface area contributed by atoms with Crippen LogP contribution in [0.1, 0.15) is 66.1 Å². The normalized spacial score (nSPS) is 23.3. The molecule has 1 aliphatic heterocycles. The Bertz CT molecular complexity index is 1180. The molecule has 2 aromatic rings. The van der Waals surface area contributed by atoms with Crippen LogP contribution in [0.2, 0.25) is 0 Å². The van der Waals surface area contributed by atoms with E-state index in [0.29, 0.717) is 42.3 Å². The summed E-state index contributed by atoms with van der Waals surface area (Å²) >= 11 is 1.85. The van der Waals surface area contributed by atoms with Gasteiger partial charge in [-0.25, -0.2) is 8.42 Å². The highest BCUT2D eigenvalue weighted by Crippen LogP contribution is 2.41. The van der Waals surface area contributed by atoms with E-state index in [1.807, 2.05) is 44.2 Å². The van der Waals surface area contributed by atoms with Gasteiger partial charge in [-0.3, -0.25) is 4.79 Å². The third kappa shape index (κ3) is 7.50. The number of ether oxygens (including phenoxy) is 1. The van der Waals surface area contributed by atoms with E-state index in [9.17, 15) is 13.2 Å². The second-order valence-corrected chi connectivity index (χ2v) is 14.5. The second-order valence-electron chi connectivity index (χ2n) is 11.7. The van der Waals surface area contributed by atoms with Crippen LogP contribution in [-0.2, 0) is 19.6 Å². The van der Waals surface area contributed by atoms with Gasteiger partial charge in [-0.1, -0.05) is 36.6 Å². The van der Waals surface area contributed by atoms with Crippen LogP contribution < -0.4 is 5.32 Å². The maximum absolute atomic E-state index is 13.3. The smallest absolute Gasteiger partial charge is 0.246 e. The van der Waals surface area contributed by atoms with E-state index in [4.69, 9.17) is 4.74 Å². The predicted octanol–water partition coefficient (Wildman–Crippen LogP) is 5.07. The molecule has 2 atom stereocenters. The van der Waals surface area contributed by atoms with Gasteiger partial charge < -0.3 is 15.0 Å². The molecule has 2 aliphatic rings. The summed E-state index contributed by atoms with van der Waals surface area (Å²) in [6, 6.07) is 8.71. The number of nitrogens with zero attached hydrogens (tertiary/aromatic N) is 2. The molecule has 2 fully saturated rings. The van der Waals surface area contributed by atoms with Crippen molar-refractivity contribution >= 4 is 27.3 Å². The fraction of sp³-hybridized carbons (Fsp3) is 0.633. The lowest BCUT2D eigenvalue weighted by molar-refractivity contribution is -0.127. The summed E-state index contributed by atoms with van der Waals surface area (Å²) in [5, 5.41) is 5.18. The Kier molecular flexibility index (Phi) is 10.3. The third-order valence-electron chi connectivity index (χ3n) is 8.36. The van der Waals surface area contributed by atoms with E-state index < -0.39 is 10.0 Å². The van der Waals surface area contributed by atoms with E-state index in [0.717, 1.165) is 23.1 Å². The van der Waals surface area contributed by atoms with Gasteiger partial charge in [0.15, 0.2) is 0 Å². The maximum Gasteiger partial charge on any atom is 0.246 e. The molecule has 4 rings (SSSR count). The SMILES string of the molecule is Cc1cc(C)c(S(=O)(=O)N2CCC(OCC(=O)NCCC3CCC(C(c4cccs4)N(C)C)CC3)C2)c(C)c1. The highest BCUT2D eigenvalue weighted by molar-refractivity contribution is 7.89. The first-order valence-electron chi connectivity index (χ1n) is 14.2. The molecular weight excluding hydrogens is 530 g/mol. The van der Waals surface area contributed by atoms with E-state index in [2.05, 4.69) is 41.8 Å². The van der Waals surface area contributed by atoms with Crippen molar-refractivity contribution < 1.29 is 17.9 Å². The van der Waals surface area contributed by atoms with Crippen LogP contribution in [0.15, 0.2) is 34.5 Å². The summed E-state index contributed by atoms with van der Waals surface area (Å²) in [5.74, 6) is 1.21. The third-order valence-corrected chi connectivity index (χ3v) is 11.5. The Morgan fingerprint density at radius 3 is 2.44 bits per heavy atom. The van der Waals surface area contributed by atoms with E-state index in [1.54, 1.807) is 0 Å². The van der Waals surface area contributed by atoms with Gasteiger partial charge in [0.25, 0.3) is 0 Å². The summed E-state index contributed by atoms with van der Waals surface area (Å²) in [4.78, 5) is 16.6. The molecule has 2 heterocycles. The fourth-order valence-electron chi connectivity index (χ4n) is 6.58. The van der Waals surface area contributed by atoms with Crippen LogP contribution in [0.4, 0.5) is 0 Å². The van der Waals surface area contributed by atoms with Crippen molar-refractivity contribution in [3.05, 3.63) is 51.2 Å². The molecule has 7 nitrogen and oxygen atoms in total. The zero-order valence-electron chi connectivity index (χ0n) is 24.1. The Morgan fingerprint density at radius 1 is 1.13 bits per heavy atom. The molecule has 0 radical (unpaired) electrons. The lowest BCUT2D eigenvalue weighted by Gasteiger charge is -2.37. The van der Waals surface area contributed by atoms with Crippen LogP contribution in [0, 0.1) is 32.6 Å². The van der Waals surface area contributed by atoms with Gasteiger partial charge in [0.2, 0.25) is 15.9 Å². The highest BCUT2D eigenvalue weighted by atomic mass is 32.2. The van der Waals surface area contributed by atoms with Crippen LogP contribution in [0.25, 0.3) is 0 Å². The molecule has 0 spiro atoms. The first-order chi connectivity index (χ1) is 18.6. The lowest BCUT2D eigenvalue weighted by Crippen LogP contribution is -2.34. The van der Waals surface area contributed by atoms with Crippen molar-refractivity contribution in [3.8, 4) is 0 Å². The molecule has 9 heteroatoms. The van der Waals surface area contributed by atoms with Crippen molar-refractivity contribution in [1.82, 2.24) is 14.5 Å². The molecule has 2 unspecified atom stereocenters. The van der Waals surface area contributed by atoms with Crippen molar-refractivity contribution in [2.75, 3.05) is 40.3 Å². The average molecular weight is 576 g/mol. The number of sulfonamides is 1. The summed E-state index contributed by atoms with van der Waals surface area (Å²) in [5.41, 5.74) is 2.59. The highest BCUT2D eigenvalue weighted by Gasteiger charge is 2.35. The first-order valence-corrected chi connectivity index (χ1v) is 16.5. The van der Waals surface area contributed by atoms with Gasteiger partial charge in [-0.05, 0) is 95.0 Å². The number of hydrogen-bond donors (Lipinski definition) is 1. The molecule has 1 aliphatic carbocycles. The number of carbonyl (C=O) groups is 1. The zero-order valence-corrected chi connectivity index (χ0v) is 25.7. The Morgan fingerprint density at radius 2 is 1.82 bits per heavy atom. The van der Waals surface area contributed by atoms with Crippen LogP contribution >= 0.6 is 11.3 Å². The fourth-order valence-corrected chi connectivity index (χ4v) is 9.49. The molecule has 1 aromatic heterocycles. The predicted molar refractivity (Wildman–Crippen MR) is 158 cm³/mol. The maximum atomic E-state index is 13.3. The standard InChI is InChI=1S/C30H45N3O4S2/c1-21-17-22(2)30(23(3)18-21)39(35,36)33-15-13-26(19-33)37-20-28(34)31-14-12-24-8-10-25(11-9-24)29(32(4)5)27-7-6-16-38-27/h6-7,16-18,24-26,29H,8-15,19-20H2,1-5H3,(H,31,34). The zero-order chi connectivity index (χ0) is 28.2. The number of benzene rings is 1. The van der Waals surface area contributed by atoms with Crippen LogP contribution in [-0.4, -0.2) is 70.0 Å². The van der Waals surface area contributed by atoms with Crippen molar-refractivity contribution in [1.29, 1.82) is 0 Å². The summed E-state index contributed by atoms with van der Waals surface area (Å²) < 4.78 is 33.9. The summed E-state index contributed by atoms with van der Waals surface area (Å²) in [6.45, 7) is 6.99. The molecule has 216 valence electrons. The first kappa shape index (κ1) is 30.2. The van der Waals surface area contributed by atoms with Crippen molar-refractivity contribution in [2.24, 2.45) is 11.8 Å². The number of nitrogens with one attached hydrogen (secondary N) is 1. The van der Waals surface area contributed by atoms with Crippen LogP contribution in [0.3, 0.4) is 0 Å². The van der Waals surface area contributed by atoms with Gasteiger partial charge >= 0.3 is 0 Å². The van der Waals surface area contributed by atoms with E-state index in [1.165, 1.54) is 34.9 Å². The molecule has 1 N–H and O–H groups in total. The Labute approximate surface area is 239 Å². The molecule has 1 amide bonds. The van der Waals surface area contributed by atoms with Gasteiger partial charge in [0.05, 0.1) is 11.0 Å². The Balaban J connectivity index is 1.16. The number of carbonyl (C=O) groups excluding carboxylic acids is 1. The molecule has 1 saturated carbocycles. The number of aryl methyl sites for hydroxylation is 3. The number of amides is 1. The largest absolute Gasteiger partial charge is 0.367 e. The van der Waals surface area contributed by atoms with Crippen molar-refractivity contribution in [2.45, 2.75) is 76.3 Å². The second kappa shape index (κ2) is 13.3. The monoisotopic (exact) mass is 575 g/mol. The van der Waals surface area contributed by atoms with Crippen LogP contribution in [0.5, 0.6) is 0 Å². The molecule has 39 heavy (non-hydrogen) atoms. The average Bonchev–Trinajstić information content (AvgIpc) is 3.56. The Hall–Kier alpha value is -1.78. The topological polar surface area (TPSA) is 78.9 Å². The lowest BCUT2D eigenvalue weighted by atomic mass is 9.76. The van der Waals surface area contributed by atoms with Gasteiger partial charge in [-0.2, -0.15) is 4.31 Å². The quantitative estimate of drug-likeness (QED) is 0.405. The number of thiophene rings is 1. The van der Waals surface area contributed by atoms with Gasteiger partial charge in [0.1, 0.15) is 6.61 Å². The van der Waals surface area contributed by atoms with E-state index >= 15 is 0 Å². The van der Waals surface area contributed by atoms with Gasteiger partial charge in [0, 0.05) is 30.6 Å². The minimum atomic E-state index is -3.59. The summed E-state index contributed by atoms with van der Waals surface area (Å²) in [6.07, 6.45) is 6.20. The van der Waals surface area contributed by atoms with Gasteiger partial charge in [-0.15, -0.1) is 11.3 Å². The minimum absolute atomic E-state index is 0.0286. The van der Waals surface area contributed by atoms with E-state index in [-0.39, 0.29) is 25.2 Å². The minimum Gasteiger partial charge on any atom is -0.367 e. The summed E-state index contributed by atoms with van der Waals surface area (Å²) in [7, 11) is 0.774. The molecule has 1 saturated heterocycles. The number of hydrogen-bond acceptors (Lipinski definition) is 6. The molecular formula is C30H45N3O4S2. The molecule has 1 aromatic carbocycles. The number of rotatable bonds is 11. The van der Waals surface area contributed by atoms with Crippen molar-refractivity contribution in [3.63, 3.8) is 0 Å². The molecule has 0 bridgehead atoms.